The van der Waals surface area contributed by atoms with Gasteiger partial charge in [0, 0.05) is 6.42 Å². The topological polar surface area (TPSA) is 90.2 Å². The smallest absolute Gasteiger partial charge is 0.111 e. The molecule has 0 amide bonds. The van der Waals surface area contributed by atoms with Crippen molar-refractivity contribution in [1.82, 2.24) is 0 Å². The van der Waals surface area contributed by atoms with Gasteiger partial charge in [-0.25, -0.2) is 0 Å². The molecule has 0 bridgehead atoms. The van der Waals surface area contributed by atoms with Crippen LogP contribution in [0, 0.1) is 0 Å². The molecule has 5 atom stereocenters. The summed E-state index contributed by atoms with van der Waals surface area (Å²) >= 11 is 0. The summed E-state index contributed by atoms with van der Waals surface area (Å²) in [7, 11) is 0. The largest absolute Gasteiger partial charge is 0.394 e. The van der Waals surface area contributed by atoms with Crippen LogP contribution >= 0.6 is 0 Å². The van der Waals surface area contributed by atoms with Crippen LogP contribution in [-0.4, -0.2) is 57.6 Å². The van der Waals surface area contributed by atoms with E-state index in [9.17, 15) is 20.4 Å². The van der Waals surface area contributed by atoms with E-state index in [0.717, 1.165) is 16.7 Å². The van der Waals surface area contributed by atoms with Crippen LogP contribution in [-0.2, 0) is 11.2 Å². The average Bonchev–Trinajstić information content (AvgIpc) is 2.63. The van der Waals surface area contributed by atoms with Gasteiger partial charge in [0.2, 0.25) is 0 Å². The minimum Gasteiger partial charge on any atom is -0.394 e. The first-order chi connectivity index (χ1) is 11.6. The lowest BCUT2D eigenvalue weighted by molar-refractivity contribution is -0.228. The Labute approximate surface area is 140 Å². The Morgan fingerprint density at radius 2 is 1.38 bits per heavy atom. The summed E-state index contributed by atoms with van der Waals surface area (Å²) in [4.78, 5) is 0. The van der Waals surface area contributed by atoms with E-state index in [-0.39, 0.29) is 0 Å². The summed E-state index contributed by atoms with van der Waals surface area (Å²) in [6.45, 7) is -0.415. The van der Waals surface area contributed by atoms with Crippen LogP contribution in [0.3, 0.4) is 0 Å². The SMILES string of the molecule is OC[C@H]1OC(Cc2ccccc2-c2ccccc2)[C@H](O)[C@@H](O)[C@@H]1O. The standard InChI is InChI=1S/C19H22O5/c20-11-16-18(22)19(23)17(21)15(24-16)10-13-8-4-5-9-14(13)12-6-2-1-3-7-12/h1-9,15-23H,10-11H2/t15?,16-,17+,18-,19-/m1/s1. The Balaban J connectivity index is 1.86. The summed E-state index contributed by atoms with van der Waals surface area (Å²) in [5, 5.41) is 39.4. The van der Waals surface area contributed by atoms with E-state index in [2.05, 4.69) is 0 Å². The minimum atomic E-state index is -1.34. The molecule has 5 nitrogen and oxygen atoms in total. The average molecular weight is 330 g/mol. The molecule has 1 aliphatic rings. The second-order valence-electron chi connectivity index (χ2n) is 6.09. The maximum Gasteiger partial charge on any atom is 0.111 e. The van der Waals surface area contributed by atoms with Crippen molar-refractivity contribution in [3.63, 3.8) is 0 Å². The molecule has 4 N–H and O–H groups in total. The minimum absolute atomic E-state index is 0.368. The first-order valence-electron chi connectivity index (χ1n) is 8.05. The zero-order valence-electron chi connectivity index (χ0n) is 13.2. The van der Waals surface area contributed by atoms with E-state index in [1.807, 2.05) is 54.6 Å². The van der Waals surface area contributed by atoms with Gasteiger partial charge in [-0.1, -0.05) is 54.6 Å². The lowest BCUT2D eigenvalue weighted by Crippen LogP contribution is -2.59. The van der Waals surface area contributed by atoms with Crippen molar-refractivity contribution in [2.45, 2.75) is 36.9 Å². The lowest BCUT2D eigenvalue weighted by atomic mass is 9.89. The van der Waals surface area contributed by atoms with Crippen molar-refractivity contribution in [2.24, 2.45) is 0 Å². The number of hydrogen-bond donors (Lipinski definition) is 4. The Morgan fingerprint density at radius 1 is 0.750 bits per heavy atom. The number of aliphatic hydroxyl groups is 4. The van der Waals surface area contributed by atoms with Crippen molar-refractivity contribution in [1.29, 1.82) is 0 Å². The second kappa shape index (κ2) is 7.42. The first kappa shape index (κ1) is 17.1. The van der Waals surface area contributed by atoms with Crippen LogP contribution in [0.15, 0.2) is 54.6 Å². The molecule has 1 heterocycles. The van der Waals surface area contributed by atoms with Gasteiger partial charge in [-0.3, -0.25) is 0 Å². The monoisotopic (exact) mass is 330 g/mol. The molecule has 2 aromatic carbocycles. The van der Waals surface area contributed by atoms with E-state index in [1.165, 1.54) is 0 Å². The highest BCUT2D eigenvalue weighted by Gasteiger charge is 2.43. The predicted molar refractivity (Wildman–Crippen MR) is 89.3 cm³/mol. The van der Waals surface area contributed by atoms with Gasteiger partial charge in [-0.15, -0.1) is 0 Å². The van der Waals surface area contributed by atoms with Crippen molar-refractivity contribution in [3.05, 3.63) is 60.2 Å². The van der Waals surface area contributed by atoms with Crippen molar-refractivity contribution < 1.29 is 25.2 Å². The fourth-order valence-corrected chi connectivity index (χ4v) is 3.16. The summed E-state index contributed by atoms with van der Waals surface area (Å²) in [6.07, 6.45) is -5.10. The molecule has 1 saturated heterocycles. The Kier molecular flexibility index (Phi) is 5.28. The van der Waals surface area contributed by atoms with Gasteiger partial charge in [0.05, 0.1) is 12.7 Å². The van der Waals surface area contributed by atoms with Crippen LogP contribution in [0.5, 0.6) is 0 Å². The highest BCUT2D eigenvalue weighted by atomic mass is 16.5. The maximum atomic E-state index is 10.2. The Morgan fingerprint density at radius 3 is 2.08 bits per heavy atom. The fourth-order valence-electron chi connectivity index (χ4n) is 3.16. The summed E-state index contributed by atoms with van der Waals surface area (Å²) in [5.74, 6) is 0. The van der Waals surface area contributed by atoms with Gasteiger partial charge in [0.1, 0.15) is 24.4 Å². The third-order valence-corrected chi connectivity index (χ3v) is 4.51. The molecule has 24 heavy (non-hydrogen) atoms. The van der Waals surface area contributed by atoms with Crippen LogP contribution in [0.25, 0.3) is 11.1 Å². The molecule has 128 valence electrons. The molecule has 2 aromatic rings. The summed E-state index contributed by atoms with van der Waals surface area (Å²) in [5.41, 5.74) is 3.04. The number of ether oxygens (including phenoxy) is 1. The first-order valence-corrected chi connectivity index (χ1v) is 8.05. The molecule has 0 aliphatic carbocycles. The van der Waals surface area contributed by atoms with E-state index in [1.54, 1.807) is 0 Å². The van der Waals surface area contributed by atoms with E-state index in [4.69, 9.17) is 4.74 Å². The number of aliphatic hydroxyl groups excluding tert-OH is 4. The van der Waals surface area contributed by atoms with E-state index in [0.29, 0.717) is 6.42 Å². The van der Waals surface area contributed by atoms with Gasteiger partial charge in [0.25, 0.3) is 0 Å². The molecule has 0 saturated carbocycles. The number of hydrogen-bond acceptors (Lipinski definition) is 5. The number of rotatable bonds is 4. The molecule has 5 heteroatoms. The molecule has 3 rings (SSSR count). The number of benzene rings is 2. The van der Waals surface area contributed by atoms with E-state index < -0.39 is 37.1 Å². The van der Waals surface area contributed by atoms with Crippen molar-refractivity contribution in [2.75, 3.05) is 6.61 Å². The molecule has 1 aliphatic heterocycles. The molecule has 0 radical (unpaired) electrons. The molecule has 0 aromatic heterocycles. The maximum absolute atomic E-state index is 10.2. The quantitative estimate of drug-likeness (QED) is 0.664. The lowest BCUT2D eigenvalue weighted by Gasteiger charge is -2.40. The van der Waals surface area contributed by atoms with Crippen molar-refractivity contribution >= 4 is 0 Å². The van der Waals surface area contributed by atoms with Gasteiger partial charge in [-0.05, 0) is 16.7 Å². The van der Waals surface area contributed by atoms with Gasteiger partial charge >= 0.3 is 0 Å². The third-order valence-electron chi connectivity index (χ3n) is 4.51. The molecule has 0 spiro atoms. The predicted octanol–water partition coefficient (Wildman–Crippen LogP) is 0.738. The Hall–Kier alpha value is -1.76. The Bertz CT molecular complexity index is 658. The van der Waals surface area contributed by atoms with E-state index >= 15 is 0 Å². The van der Waals surface area contributed by atoms with Crippen LogP contribution in [0.1, 0.15) is 5.56 Å². The normalized spacial score (nSPS) is 30.2. The second-order valence-corrected chi connectivity index (χ2v) is 6.09. The van der Waals surface area contributed by atoms with Crippen LogP contribution in [0.2, 0.25) is 0 Å². The zero-order valence-corrected chi connectivity index (χ0v) is 13.2. The van der Waals surface area contributed by atoms with Crippen LogP contribution < -0.4 is 0 Å². The summed E-state index contributed by atoms with van der Waals surface area (Å²) in [6, 6.07) is 17.7. The molecular weight excluding hydrogens is 308 g/mol. The molecular formula is C19H22O5. The van der Waals surface area contributed by atoms with Gasteiger partial charge in [-0.2, -0.15) is 0 Å². The van der Waals surface area contributed by atoms with Gasteiger partial charge < -0.3 is 25.2 Å². The highest BCUT2D eigenvalue weighted by Crippen LogP contribution is 2.28. The van der Waals surface area contributed by atoms with Crippen LogP contribution in [0.4, 0.5) is 0 Å². The van der Waals surface area contributed by atoms with Crippen molar-refractivity contribution in [3.8, 4) is 11.1 Å². The van der Waals surface area contributed by atoms with Gasteiger partial charge in [0.15, 0.2) is 0 Å². The highest BCUT2D eigenvalue weighted by molar-refractivity contribution is 5.67. The fraction of sp³-hybridized carbons (Fsp3) is 0.368. The third kappa shape index (κ3) is 3.36. The molecule has 1 fully saturated rings. The zero-order chi connectivity index (χ0) is 17.1. The summed E-state index contributed by atoms with van der Waals surface area (Å²) < 4.78 is 5.62. The molecule has 1 unspecified atom stereocenters.